The minimum Gasteiger partial charge on any atom is -0.376 e. The largest absolute Gasteiger partial charge is 0.534 e. The van der Waals surface area contributed by atoms with Crippen LogP contribution in [0.2, 0.25) is 0 Å². The van der Waals surface area contributed by atoms with Crippen LogP contribution in [0.5, 0.6) is 5.75 Å². The van der Waals surface area contributed by atoms with E-state index in [1.54, 1.807) is 36.4 Å². The van der Waals surface area contributed by atoms with Crippen molar-refractivity contribution < 1.29 is 25.8 Å². The Morgan fingerprint density at radius 1 is 0.850 bits per heavy atom. The Kier molecular flexibility index (Phi) is 3.71. The Hall–Kier alpha value is -2.02. The summed E-state index contributed by atoms with van der Waals surface area (Å²) in [4.78, 5) is 0. The van der Waals surface area contributed by atoms with E-state index in [9.17, 15) is 21.6 Å². The smallest absolute Gasteiger partial charge is 0.376 e. The minimum absolute atomic E-state index is 0.385. The average molecular weight is 302 g/mol. The van der Waals surface area contributed by atoms with Crippen LogP contribution in [-0.2, 0) is 10.1 Å². The average Bonchev–Trinajstić information content (AvgIpc) is 2.38. The van der Waals surface area contributed by atoms with Gasteiger partial charge >= 0.3 is 15.6 Å². The number of halogens is 3. The summed E-state index contributed by atoms with van der Waals surface area (Å²) in [7, 11) is -5.65. The second kappa shape index (κ2) is 5.16. The maximum Gasteiger partial charge on any atom is 0.534 e. The molecule has 0 saturated carbocycles. The third kappa shape index (κ3) is 3.11. The fourth-order valence-electron chi connectivity index (χ4n) is 1.53. The Bertz CT molecular complexity index is 694. The first-order valence-corrected chi connectivity index (χ1v) is 6.87. The molecule has 0 heterocycles. The predicted molar refractivity (Wildman–Crippen MR) is 67.5 cm³/mol. The number of hydrogen-bond acceptors (Lipinski definition) is 3. The van der Waals surface area contributed by atoms with Crippen LogP contribution in [0.1, 0.15) is 0 Å². The van der Waals surface area contributed by atoms with Gasteiger partial charge in [0.05, 0.1) is 0 Å². The van der Waals surface area contributed by atoms with Gasteiger partial charge in [0, 0.05) is 0 Å². The van der Waals surface area contributed by atoms with E-state index in [-0.39, 0.29) is 5.75 Å². The summed E-state index contributed by atoms with van der Waals surface area (Å²) in [6.45, 7) is 0. The van der Waals surface area contributed by atoms with Gasteiger partial charge in [-0.05, 0) is 23.3 Å². The highest BCUT2D eigenvalue weighted by atomic mass is 32.2. The highest BCUT2D eigenvalue weighted by Gasteiger charge is 2.48. The molecule has 0 saturated heterocycles. The first-order valence-electron chi connectivity index (χ1n) is 5.46. The molecule has 0 aromatic heterocycles. The maximum atomic E-state index is 12.2. The summed E-state index contributed by atoms with van der Waals surface area (Å²) in [5.74, 6) is -0.385. The molecule has 0 aliphatic heterocycles. The molecular formula is C13H9F3O3S. The zero-order valence-electron chi connectivity index (χ0n) is 9.96. The van der Waals surface area contributed by atoms with Gasteiger partial charge in [-0.1, -0.05) is 42.5 Å². The van der Waals surface area contributed by atoms with Gasteiger partial charge in [-0.15, -0.1) is 0 Å². The van der Waals surface area contributed by atoms with Crippen molar-refractivity contribution >= 4 is 10.1 Å². The van der Waals surface area contributed by atoms with Gasteiger partial charge < -0.3 is 4.18 Å². The van der Waals surface area contributed by atoms with Gasteiger partial charge in [-0.3, -0.25) is 0 Å². The summed E-state index contributed by atoms with van der Waals surface area (Å²) < 4.78 is 62.6. The van der Waals surface area contributed by atoms with Gasteiger partial charge in [-0.2, -0.15) is 21.6 Å². The van der Waals surface area contributed by atoms with Crippen LogP contribution < -0.4 is 4.18 Å². The number of rotatable bonds is 3. The molecule has 2 aromatic carbocycles. The molecule has 0 atom stereocenters. The maximum absolute atomic E-state index is 12.2. The Morgan fingerprint density at radius 2 is 1.45 bits per heavy atom. The SMILES string of the molecule is O=S(=O)(Oc1cccc(-c2ccccc2)c1)C(F)(F)F. The monoisotopic (exact) mass is 302 g/mol. The van der Waals surface area contributed by atoms with E-state index in [1.807, 2.05) is 0 Å². The fraction of sp³-hybridized carbons (Fsp3) is 0.0769. The van der Waals surface area contributed by atoms with Crippen molar-refractivity contribution in [1.82, 2.24) is 0 Å². The van der Waals surface area contributed by atoms with Crippen LogP contribution in [0.15, 0.2) is 54.6 Å². The van der Waals surface area contributed by atoms with E-state index in [2.05, 4.69) is 4.18 Å². The van der Waals surface area contributed by atoms with Crippen molar-refractivity contribution in [1.29, 1.82) is 0 Å². The van der Waals surface area contributed by atoms with E-state index < -0.39 is 15.6 Å². The van der Waals surface area contributed by atoms with Crippen molar-refractivity contribution in [2.45, 2.75) is 5.51 Å². The molecule has 0 N–H and O–H groups in total. The Balaban J connectivity index is 2.33. The molecule has 0 aliphatic carbocycles. The van der Waals surface area contributed by atoms with Crippen LogP contribution in [0.25, 0.3) is 11.1 Å². The van der Waals surface area contributed by atoms with Gasteiger partial charge in [0.2, 0.25) is 0 Å². The van der Waals surface area contributed by atoms with E-state index >= 15 is 0 Å². The number of benzene rings is 2. The zero-order chi connectivity index (χ0) is 14.8. The van der Waals surface area contributed by atoms with Crippen molar-refractivity contribution in [3.63, 3.8) is 0 Å². The molecule has 0 fully saturated rings. The molecular weight excluding hydrogens is 293 g/mol. The second-order valence-corrected chi connectivity index (χ2v) is 5.41. The van der Waals surface area contributed by atoms with Gasteiger partial charge in [-0.25, -0.2) is 0 Å². The normalized spacial score (nSPS) is 12.2. The topological polar surface area (TPSA) is 43.4 Å². The molecule has 0 aliphatic rings. The van der Waals surface area contributed by atoms with Gasteiger partial charge in [0.1, 0.15) is 5.75 Å². The van der Waals surface area contributed by atoms with Crippen LogP contribution in [0.3, 0.4) is 0 Å². The molecule has 2 rings (SSSR count). The lowest BCUT2D eigenvalue weighted by Crippen LogP contribution is -2.28. The number of hydrogen-bond donors (Lipinski definition) is 0. The van der Waals surface area contributed by atoms with E-state index in [1.165, 1.54) is 12.1 Å². The molecule has 106 valence electrons. The Labute approximate surface area is 113 Å². The molecule has 0 bridgehead atoms. The second-order valence-electron chi connectivity index (χ2n) is 3.88. The summed E-state index contributed by atoms with van der Waals surface area (Å²) in [5, 5.41) is 0. The van der Waals surface area contributed by atoms with Crippen LogP contribution in [0, 0.1) is 0 Å². The van der Waals surface area contributed by atoms with Crippen molar-refractivity contribution in [3.05, 3.63) is 54.6 Å². The van der Waals surface area contributed by atoms with Crippen LogP contribution in [-0.4, -0.2) is 13.9 Å². The lowest BCUT2D eigenvalue weighted by molar-refractivity contribution is -0.0500. The molecule has 20 heavy (non-hydrogen) atoms. The van der Waals surface area contributed by atoms with Crippen LogP contribution in [0.4, 0.5) is 13.2 Å². The van der Waals surface area contributed by atoms with Gasteiger partial charge in [0.15, 0.2) is 0 Å². The zero-order valence-corrected chi connectivity index (χ0v) is 10.8. The fourth-order valence-corrected chi connectivity index (χ4v) is 1.98. The van der Waals surface area contributed by atoms with E-state index in [0.717, 1.165) is 11.6 Å². The predicted octanol–water partition coefficient (Wildman–Crippen LogP) is 3.58. The quantitative estimate of drug-likeness (QED) is 0.643. The molecule has 0 spiro atoms. The summed E-state index contributed by atoms with van der Waals surface area (Å²) >= 11 is 0. The summed E-state index contributed by atoms with van der Waals surface area (Å²) in [6, 6.07) is 14.2. The highest BCUT2D eigenvalue weighted by molar-refractivity contribution is 7.88. The summed E-state index contributed by atoms with van der Waals surface area (Å²) in [5.41, 5.74) is -4.15. The Morgan fingerprint density at radius 3 is 2.05 bits per heavy atom. The lowest BCUT2D eigenvalue weighted by atomic mass is 10.1. The molecule has 0 amide bonds. The lowest BCUT2D eigenvalue weighted by Gasteiger charge is -2.10. The molecule has 3 nitrogen and oxygen atoms in total. The van der Waals surface area contributed by atoms with E-state index in [0.29, 0.717) is 5.56 Å². The standard InChI is InChI=1S/C13H9F3O3S/c14-13(15,16)20(17,18)19-12-8-4-7-11(9-12)10-5-2-1-3-6-10/h1-9H. The molecule has 0 unspecified atom stereocenters. The minimum atomic E-state index is -5.65. The van der Waals surface area contributed by atoms with Crippen molar-refractivity contribution in [2.75, 3.05) is 0 Å². The van der Waals surface area contributed by atoms with Crippen molar-refractivity contribution in [3.8, 4) is 16.9 Å². The first kappa shape index (κ1) is 14.4. The third-order valence-electron chi connectivity index (χ3n) is 2.43. The van der Waals surface area contributed by atoms with Crippen LogP contribution >= 0.6 is 0 Å². The van der Waals surface area contributed by atoms with E-state index in [4.69, 9.17) is 0 Å². The van der Waals surface area contributed by atoms with Crippen molar-refractivity contribution in [2.24, 2.45) is 0 Å². The number of alkyl halides is 3. The first-order chi connectivity index (χ1) is 9.29. The molecule has 0 radical (unpaired) electrons. The summed E-state index contributed by atoms with van der Waals surface area (Å²) in [6.07, 6.45) is 0. The molecule has 7 heteroatoms. The van der Waals surface area contributed by atoms with Gasteiger partial charge in [0.25, 0.3) is 0 Å². The molecule has 2 aromatic rings. The third-order valence-corrected chi connectivity index (χ3v) is 3.41. The highest BCUT2D eigenvalue weighted by Crippen LogP contribution is 2.29.